The molecule has 1 rings (SSSR count). The lowest BCUT2D eigenvalue weighted by Gasteiger charge is -2.10. The van der Waals surface area contributed by atoms with E-state index in [0.29, 0.717) is 17.1 Å². The standard InChI is InChI=1S/C12H13ClO2/c1-8-6-10(11(13)4-5-14)12(15-3)7-9(8)2/h4-7H,1-3H3. The molecule has 1 aromatic rings. The van der Waals surface area contributed by atoms with Gasteiger partial charge in [-0.2, -0.15) is 0 Å². The summed E-state index contributed by atoms with van der Waals surface area (Å²) in [5.74, 6) is 0.682. The van der Waals surface area contributed by atoms with E-state index in [2.05, 4.69) is 0 Å². The van der Waals surface area contributed by atoms with Crippen LogP contribution in [-0.2, 0) is 4.79 Å². The minimum atomic E-state index is 0.393. The smallest absolute Gasteiger partial charge is 0.144 e. The number of aryl methyl sites for hydroxylation is 2. The maximum atomic E-state index is 10.3. The highest BCUT2D eigenvalue weighted by atomic mass is 35.5. The monoisotopic (exact) mass is 224 g/mol. The summed E-state index contributed by atoms with van der Waals surface area (Å²) in [5, 5.41) is 0.393. The molecule has 0 N–H and O–H groups in total. The Bertz CT molecular complexity index is 408. The SMILES string of the molecule is COc1cc(C)c(C)cc1C(Cl)=CC=O. The Balaban J connectivity index is 3.33. The van der Waals surface area contributed by atoms with Gasteiger partial charge in [0.2, 0.25) is 0 Å². The van der Waals surface area contributed by atoms with E-state index in [4.69, 9.17) is 16.3 Å². The number of carbonyl (C=O) groups is 1. The predicted molar refractivity (Wildman–Crippen MR) is 62.4 cm³/mol. The largest absolute Gasteiger partial charge is 0.496 e. The number of rotatable bonds is 3. The quantitative estimate of drug-likeness (QED) is 0.583. The summed E-state index contributed by atoms with van der Waals surface area (Å²) in [5.41, 5.74) is 2.99. The first-order valence-electron chi connectivity index (χ1n) is 4.56. The van der Waals surface area contributed by atoms with E-state index in [1.807, 2.05) is 26.0 Å². The van der Waals surface area contributed by atoms with Crippen LogP contribution in [0, 0.1) is 13.8 Å². The molecule has 3 heteroatoms. The fourth-order valence-electron chi connectivity index (χ4n) is 1.29. The second-order valence-corrected chi connectivity index (χ2v) is 3.69. The number of hydrogen-bond donors (Lipinski definition) is 0. The van der Waals surface area contributed by atoms with Gasteiger partial charge in [0.1, 0.15) is 12.0 Å². The Morgan fingerprint density at radius 3 is 2.47 bits per heavy atom. The van der Waals surface area contributed by atoms with Gasteiger partial charge in [0, 0.05) is 5.56 Å². The lowest BCUT2D eigenvalue weighted by atomic mass is 10.0. The molecule has 0 aliphatic rings. The summed E-state index contributed by atoms with van der Waals surface area (Å²) in [7, 11) is 1.58. The van der Waals surface area contributed by atoms with Crippen LogP contribution < -0.4 is 4.74 Å². The zero-order chi connectivity index (χ0) is 11.4. The van der Waals surface area contributed by atoms with Crippen molar-refractivity contribution in [3.63, 3.8) is 0 Å². The maximum absolute atomic E-state index is 10.3. The predicted octanol–water partition coefficient (Wildman–Crippen LogP) is 3.09. The molecule has 0 aliphatic carbocycles. The molecule has 0 saturated heterocycles. The maximum Gasteiger partial charge on any atom is 0.144 e. The zero-order valence-corrected chi connectivity index (χ0v) is 9.76. The van der Waals surface area contributed by atoms with Gasteiger partial charge in [0.25, 0.3) is 0 Å². The fraction of sp³-hybridized carbons (Fsp3) is 0.250. The first-order chi connectivity index (χ1) is 7.10. The van der Waals surface area contributed by atoms with Gasteiger partial charge in [-0.15, -0.1) is 0 Å². The molecule has 0 saturated carbocycles. The molecule has 0 unspecified atom stereocenters. The molecule has 0 fully saturated rings. The van der Waals surface area contributed by atoms with Crippen molar-refractivity contribution in [1.82, 2.24) is 0 Å². The molecule has 0 radical (unpaired) electrons. The number of allylic oxidation sites excluding steroid dienone is 1. The molecule has 0 bridgehead atoms. The van der Waals surface area contributed by atoms with E-state index in [9.17, 15) is 4.79 Å². The lowest BCUT2D eigenvalue weighted by Crippen LogP contribution is -1.92. The molecule has 0 spiro atoms. The van der Waals surface area contributed by atoms with Crippen LogP contribution in [0.3, 0.4) is 0 Å². The van der Waals surface area contributed by atoms with Crippen LogP contribution in [0.25, 0.3) is 5.03 Å². The number of methoxy groups -OCH3 is 1. The summed E-state index contributed by atoms with van der Waals surface area (Å²) >= 11 is 5.96. The topological polar surface area (TPSA) is 26.3 Å². The number of hydrogen-bond acceptors (Lipinski definition) is 2. The summed E-state index contributed by atoms with van der Waals surface area (Å²) in [6, 6.07) is 3.82. The number of benzene rings is 1. The minimum absolute atomic E-state index is 0.393. The van der Waals surface area contributed by atoms with Gasteiger partial charge < -0.3 is 4.74 Å². The summed E-state index contributed by atoms with van der Waals surface area (Å²) in [6.45, 7) is 3.99. The molecule has 1 aromatic carbocycles. The lowest BCUT2D eigenvalue weighted by molar-refractivity contribution is -0.104. The van der Waals surface area contributed by atoms with Gasteiger partial charge in [-0.05, 0) is 43.2 Å². The van der Waals surface area contributed by atoms with Gasteiger partial charge in [0.05, 0.1) is 12.1 Å². The average molecular weight is 225 g/mol. The number of ether oxygens (including phenoxy) is 1. The van der Waals surface area contributed by atoms with Gasteiger partial charge in [-0.1, -0.05) is 11.6 Å². The van der Waals surface area contributed by atoms with Crippen LogP contribution in [0.5, 0.6) is 5.75 Å². The first-order valence-corrected chi connectivity index (χ1v) is 4.94. The third-order valence-electron chi connectivity index (χ3n) is 2.29. The van der Waals surface area contributed by atoms with E-state index in [-0.39, 0.29) is 0 Å². The normalized spacial score (nSPS) is 11.3. The van der Waals surface area contributed by atoms with E-state index in [1.54, 1.807) is 7.11 Å². The highest BCUT2D eigenvalue weighted by Gasteiger charge is 2.08. The zero-order valence-electron chi connectivity index (χ0n) is 9.00. The van der Waals surface area contributed by atoms with Crippen molar-refractivity contribution < 1.29 is 9.53 Å². The average Bonchev–Trinajstić information content (AvgIpc) is 2.21. The van der Waals surface area contributed by atoms with Crippen LogP contribution in [0.4, 0.5) is 0 Å². The van der Waals surface area contributed by atoms with Gasteiger partial charge in [-0.3, -0.25) is 4.79 Å². The molecule has 0 aromatic heterocycles. The van der Waals surface area contributed by atoms with Crippen LogP contribution in [-0.4, -0.2) is 13.4 Å². The molecule has 0 aliphatic heterocycles. The number of halogens is 1. The summed E-state index contributed by atoms with van der Waals surface area (Å²) in [6.07, 6.45) is 1.98. The highest BCUT2D eigenvalue weighted by Crippen LogP contribution is 2.31. The molecule has 2 nitrogen and oxygen atoms in total. The first kappa shape index (κ1) is 11.8. The molecular formula is C12H13ClO2. The van der Waals surface area contributed by atoms with Crippen molar-refractivity contribution in [1.29, 1.82) is 0 Å². The van der Waals surface area contributed by atoms with Gasteiger partial charge >= 0.3 is 0 Å². The number of carbonyl (C=O) groups excluding carboxylic acids is 1. The molecule has 15 heavy (non-hydrogen) atoms. The van der Waals surface area contributed by atoms with Crippen LogP contribution in [0.2, 0.25) is 0 Å². The Hall–Kier alpha value is -1.28. The van der Waals surface area contributed by atoms with Crippen molar-refractivity contribution >= 4 is 22.9 Å². The van der Waals surface area contributed by atoms with E-state index in [1.165, 1.54) is 6.08 Å². The van der Waals surface area contributed by atoms with E-state index < -0.39 is 0 Å². The van der Waals surface area contributed by atoms with Crippen LogP contribution in [0.15, 0.2) is 18.2 Å². The molecular weight excluding hydrogens is 212 g/mol. The molecule has 0 atom stereocenters. The summed E-state index contributed by atoms with van der Waals surface area (Å²) in [4.78, 5) is 10.3. The second-order valence-electron chi connectivity index (χ2n) is 3.29. The van der Waals surface area contributed by atoms with Crippen molar-refractivity contribution in [3.05, 3.63) is 34.9 Å². The third kappa shape index (κ3) is 2.60. The van der Waals surface area contributed by atoms with Crippen molar-refractivity contribution in [2.24, 2.45) is 0 Å². The van der Waals surface area contributed by atoms with Crippen molar-refractivity contribution in [2.75, 3.05) is 7.11 Å². The number of aldehydes is 1. The highest BCUT2D eigenvalue weighted by molar-refractivity contribution is 6.50. The molecule has 0 amide bonds. The Morgan fingerprint density at radius 2 is 1.93 bits per heavy atom. The van der Waals surface area contributed by atoms with Crippen LogP contribution in [0.1, 0.15) is 16.7 Å². The minimum Gasteiger partial charge on any atom is -0.496 e. The van der Waals surface area contributed by atoms with Gasteiger partial charge in [-0.25, -0.2) is 0 Å². The second kappa shape index (κ2) is 4.99. The molecule has 0 heterocycles. The van der Waals surface area contributed by atoms with Gasteiger partial charge in [0.15, 0.2) is 0 Å². The van der Waals surface area contributed by atoms with Crippen molar-refractivity contribution in [2.45, 2.75) is 13.8 Å². The fourth-order valence-corrected chi connectivity index (χ4v) is 1.49. The summed E-state index contributed by atoms with van der Waals surface area (Å²) < 4.78 is 5.21. The Labute approximate surface area is 94.5 Å². The Kier molecular flexibility index (Phi) is 3.92. The van der Waals surface area contributed by atoms with E-state index in [0.717, 1.165) is 16.7 Å². The Morgan fingerprint density at radius 1 is 1.33 bits per heavy atom. The molecule has 80 valence electrons. The van der Waals surface area contributed by atoms with Crippen molar-refractivity contribution in [3.8, 4) is 5.75 Å². The third-order valence-corrected chi connectivity index (χ3v) is 2.62. The van der Waals surface area contributed by atoms with Crippen LogP contribution >= 0.6 is 11.6 Å². The van der Waals surface area contributed by atoms with E-state index >= 15 is 0 Å².